The number of hydrogen-bond acceptors (Lipinski definition) is 3. The maximum Gasteiger partial charge on any atom is 0.283 e. The lowest BCUT2D eigenvalue weighted by Gasteiger charge is -2.20. The zero-order valence-electron chi connectivity index (χ0n) is 10.3. The fourth-order valence-corrected chi connectivity index (χ4v) is 2.34. The van der Waals surface area contributed by atoms with Gasteiger partial charge in [-0.25, -0.2) is 0 Å². The van der Waals surface area contributed by atoms with Gasteiger partial charge in [0, 0.05) is 5.92 Å². The number of nitrogens with one attached hydrogen (secondary N) is 2. The summed E-state index contributed by atoms with van der Waals surface area (Å²) >= 11 is 0. The number of aromatic nitrogens is 1. The standard InChI is InChI=1S/C12H20N2O2.BrH/c1-2-3-4-10-11(16-14-12(10)15)9-5-7-13-8-6-9;/h9,13H,2-8H2,1H3,(H,14,15);1H. The van der Waals surface area contributed by atoms with Gasteiger partial charge in [0.05, 0.1) is 5.56 Å². The van der Waals surface area contributed by atoms with Gasteiger partial charge < -0.3 is 9.84 Å². The quantitative estimate of drug-likeness (QED) is 0.898. The maximum atomic E-state index is 11.6. The van der Waals surface area contributed by atoms with Crippen molar-refractivity contribution < 1.29 is 4.52 Å². The van der Waals surface area contributed by atoms with Gasteiger partial charge in [-0.3, -0.25) is 4.79 Å². The first-order valence-corrected chi connectivity index (χ1v) is 6.24. The van der Waals surface area contributed by atoms with Gasteiger partial charge in [-0.05, 0) is 38.8 Å². The first-order valence-electron chi connectivity index (χ1n) is 6.24. The summed E-state index contributed by atoms with van der Waals surface area (Å²) in [4.78, 5) is 11.6. The van der Waals surface area contributed by atoms with E-state index in [1.54, 1.807) is 0 Å². The van der Waals surface area contributed by atoms with Crippen LogP contribution in [0.25, 0.3) is 0 Å². The lowest BCUT2D eigenvalue weighted by molar-refractivity contribution is 0.323. The molecule has 0 saturated carbocycles. The second-order valence-corrected chi connectivity index (χ2v) is 4.50. The molecule has 2 heterocycles. The summed E-state index contributed by atoms with van der Waals surface area (Å²) in [6, 6.07) is 0. The molecule has 5 heteroatoms. The van der Waals surface area contributed by atoms with Crippen molar-refractivity contribution in [3.8, 4) is 0 Å². The van der Waals surface area contributed by atoms with E-state index in [9.17, 15) is 4.79 Å². The van der Waals surface area contributed by atoms with Crippen LogP contribution in [0.2, 0.25) is 0 Å². The summed E-state index contributed by atoms with van der Waals surface area (Å²) in [6.45, 7) is 4.18. The van der Waals surface area contributed by atoms with E-state index >= 15 is 0 Å². The van der Waals surface area contributed by atoms with Crippen LogP contribution in [-0.4, -0.2) is 18.2 Å². The van der Waals surface area contributed by atoms with Crippen LogP contribution in [0.15, 0.2) is 9.32 Å². The molecule has 0 atom stereocenters. The Balaban J connectivity index is 0.00000144. The molecule has 0 aromatic carbocycles. The van der Waals surface area contributed by atoms with E-state index in [1.807, 2.05) is 0 Å². The average Bonchev–Trinajstić information content (AvgIpc) is 2.69. The third-order valence-electron chi connectivity index (χ3n) is 3.32. The molecule has 0 unspecified atom stereocenters. The molecule has 1 saturated heterocycles. The van der Waals surface area contributed by atoms with Crippen LogP contribution in [0.4, 0.5) is 0 Å². The molecular formula is C12H21BrN2O2. The maximum absolute atomic E-state index is 11.6. The molecule has 1 fully saturated rings. The molecule has 0 radical (unpaired) electrons. The van der Waals surface area contributed by atoms with Crippen LogP contribution >= 0.6 is 17.0 Å². The average molecular weight is 305 g/mol. The molecule has 1 aliphatic heterocycles. The summed E-state index contributed by atoms with van der Waals surface area (Å²) in [5, 5.41) is 5.82. The molecule has 0 bridgehead atoms. The SMILES string of the molecule is Br.CCCCc1c(C2CCNCC2)o[nH]c1=O. The Morgan fingerprint density at radius 3 is 2.71 bits per heavy atom. The van der Waals surface area contributed by atoms with E-state index in [4.69, 9.17) is 4.52 Å². The Bertz CT molecular complexity index is 380. The van der Waals surface area contributed by atoms with Gasteiger partial charge >= 0.3 is 0 Å². The van der Waals surface area contributed by atoms with Crippen molar-refractivity contribution in [3.63, 3.8) is 0 Å². The normalized spacial score (nSPS) is 16.8. The van der Waals surface area contributed by atoms with Gasteiger partial charge in [-0.1, -0.05) is 13.3 Å². The number of H-pyrrole nitrogens is 1. The third-order valence-corrected chi connectivity index (χ3v) is 3.32. The van der Waals surface area contributed by atoms with E-state index in [0.29, 0.717) is 5.92 Å². The lowest BCUT2D eigenvalue weighted by atomic mass is 9.92. The lowest BCUT2D eigenvalue weighted by Crippen LogP contribution is -2.27. The second-order valence-electron chi connectivity index (χ2n) is 4.50. The van der Waals surface area contributed by atoms with Crippen LogP contribution < -0.4 is 10.9 Å². The van der Waals surface area contributed by atoms with Gasteiger partial charge in [-0.15, -0.1) is 17.0 Å². The number of hydrogen-bond donors (Lipinski definition) is 2. The van der Waals surface area contributed by atoms with Gasteiger partial charge in [0.1, 0.15) is 5.76 Å². The van der Waals surface area contributed by atoms with E-state index in [2.05, 4.69) is 17.4 Å². The van der Waals surface area contributed by atoms with Crippen molar-refractivity contribution in [3.05, 3.63) is 21.7 Å². The number of unbranched alkanes of at least 4 members (excludes halogenated alkanes) is 1. The van der Waals surface area contributed by atoms with Crippen molar-refractivity contribution in [2.75, 3.05) is 13.1 Å². The molecule has 1 aromatic rings. The molecule has 4 nitrogen and oxygen atoms in total. The zero-order chi connectivity index (χ0) is 11.4. The van der Waals surface area contributed by atoms with E-state index in [1.165, 1.54) is 0 Å². The molecule has 1 aromatic heterocycles. The largest absolute Gasteiger partial charge is 0.383 e. The molecule has 98 valence electrons. The van der Waals surface area contributed by atoms with E-state index in [0.717, 1.165) is 56.5 Å². The number of piperidine rings is 1. The smallest absolute Gasteiger partial charge is 0.283 e. The summed E-state index contributed by atoms with van der Waals surface area (Å²) in [5.74, 6) is 1.34. The van der Waals surface area contributed by atoms with Crippen molar-refractivity contribution in [1.29, 1.82) is 0 Å². The Morgan fingerprint density at radius 1 is 1.35 bits per heavy atom. The zero-order valence-corrected chi connectivity index (χ0v) is 12.0. The van der Waals surface area contributed by atoms with Crippen LogP contribution in [0.5, 0.6) is 0 Å². The number of aromatic amines is 1. The molecule has 0 aliphatic carbocycles. The van der Waals surface area contributed by atoms with Crippen LogP contribution in [0, 0.1) is 0 Å². The van der Waals surface area contributed by atoms with Gasteiger partial charge in [0.2, 0.25) is 0 Å². The molecule has 17 heavy (non-hydrogen) atoms. The molecule has 0 amide bonds. The minimum atomic E-state index is -0.0259. The van der Waals surface area contributed by atoms with E-state index < -0.39 is 0 Å². The fraction of sp³-hybridized carbons (Fsp3) is 0.750. The summed E-state index contributed by atoms with van der Waals surface area (Å²) < 4.78 is 5.37. The highest BCUT2D eigenvalue weighted by atomic mass is 79.9. The number of rotatable bonds is 4. The predicted octanol–water partition coefficient (Wildman–Crippen LogP) is 2.36. The summed E-state index contributed by atoms with van der Waals surface area (Å²) in [5.41, 5.74) is 0.857. The highest BCUT2D eigenvalue weighted by Crippen LogP contribution is 2.27. The fourth-order valence-electron chi connectivity index (χ4n) is 2.34. The van der Waals surface area contributed by atoms with Crippen LogP contribution in [-0.2, 0) is 6.42 Å². The molecule has 2 rings (SSSR count). The summed E-state index contributed by atoms with van der Waals surface area (Å²) in [6.07, 6.45) is 5.15. The highest BCUT2D eigenvalue weighted by molar-refractivity contribution is 8.93. The van der Waals surface area contributed by atoms with Gasteiger partial charge in [-0.2, -0.15) is 5.16 Å². The molecule has 1 aliphatic rings. The third kappa shape index (κ3) is 3.45. The molecular weight excluding hydrogens is 284 g/mol. The van der Waals surface area contributed by atoms with Crippen molar-refractivity contribution in [2.45, 2.75) is 44.9 Å². The van der Waals surface area contributed by atoms with Crippen LogP contribution in [0.1, 0.15) is 49.8 Å². The van der Waals surface area contributed by atoms with Gasteiger partial charge in [0.25, 0.3) is 5.56 Å². The predicted molar refractivity (Wildman–Crippen MR) is 73.1 cm³/mol. The summed E-state index contributed by atoms with van der Waals surface area (Å²) in [7, 11) is 0. The first-order chi connectivity index (χ1) is 7.83. The first kappa shape index (κ1) is 14.5. The minimum absolute atomic E-state index is 0. The molecule has 0 spiro atoms. The van der Waals surface area contributed by atoms with Crippen molar-refractivity contribution in [2.24, 2.45) is 0 Å². The number of halogens is 1. The second kappa shape index (κ2) is 7.01. The Hall–Kier alpha value is -0.550. The highest BCUT2D eigenvalue weighted by Gasteiger charge is 2.23. The Morgan fingerprint density at radius 2 is 2.06 bits per heavy atom. The Kier molecular flexibility index (Phi) is 5.98. The van der Waals surface area contributed by atoms with Crippen molar-refractivity contribution >= 4 is 17.0 Å². The van der Waals surface area contributed by atoms with Crippen LogP contribution in [0.3, 0.4) is 0 Å². The Labute approximate surface area is 112 Å². The van der Waals surface area contributed by atoms with Crippen molar-refractivity contribution in [1.82, 2.24) is 10.5 Å². The topological polar surface area (TPSA) is 58.0 Å². The van der Waals surface area contributed by atoms with Gasteiger partial charge in [0.15, 0.2) is 0 Å². The monoisotopic (exact) mass is 304 g/mol. The van der Waals surface area contributed by atoms with E-state index in [-0.39, 0.29) is 22.5 Å². The molecule has 2 N–H and O–H groups in total. The minimum Gasteiger partial charge on any atom is -0.383 e.